The van der Waals surface area contributed by atoms with Crippen molar-refractivity contribution < 1.29 is 29.0 Å². The van der Waals surface area contributed by atoms with Crippen molar-refractivity contribution in [3.05, 3.63) is 35.9 Å². The number of aliphatic hydroxyl groups excluding tert-OH is 1. The van der Waals surface area contributed by atoms with Gasteiger partial charge >= 0.3 is 12.2 Å². The lowest BCUT2D eigenvalue weighted by atomic mass is 10.2. The van der Waals surface area contributed by atoms with Gasteiger partial charge in [0, 0.05) is 7.05 Å². The van der Waals surface area contributed by atoms with E-state index in [9.17, 15) is 19.5 Å². The monoisotopic (exact) mass is 367 g/mol. The Morgan fingerprint density at radius 2 is 1.81 bits per heavy atom. The fourth-order valence-corrected chi connectivity index (χ4v) is 1.72. The van der Waals surface area contributed by atoms with E-state index in [2.05, 4.69) is 10.7 Å². The normalized spacial score (nSPS) is 11.9. The zero-order valence-corrected chi connectivity index (χ0v) is 15.3. The van der Waals surface area contributed by atoms with E-state index < -0.39 is 36.3 Å². The third-order valence-electron chi connectivity index (χ3n) is 2.95. The molecule has 0 radical (unpaired) electrons. The minimum absolute atomic E-state index is 0.0181. The van der Waals surface area contributed by atoms with E-state index in [4.69, 9.17) is 9.47 Å². The van der Waals surface area contributed by atoms with Gasteiger partial charge in [-0.2, -0.15) is 0 Å². The number of nitrogens with zero attached hydrogens (tertiary/aromatic N) is 1. The third kappa shape index (κ3) is 7.84. The average molecular weight is 367 g/mol. The standard InChI is InChI=1S/C17H25N3O6/c1-17(2,3)26-16(24)20(4)19-14(22)13(10-21)18-15(23)25-11-12-8-6-5-7-9-12/h5-9,13,21H,10-11H2,1-4H3,(H,18,23)(H,19,22)/t13-/m0/s1. The fourth-order valence-electron chi connectivity index (χ4n) is 1.72. The highest BCUT2D eigenvalue weighted by Crippen LogP contribution is 2.08. The van der Waals surface area contributed by atoms with E-state index in [1.54, 1.807) is 45.0 Å². The van der Waals surface area contributed by atoms with Gasteiger partial charge in [-0.15, -0.1) is 0 Å². The molecule has 0 aliphatic carbocycles. The van der Waals surface area contributed by atoms with Gasteiger partial charge in [-0.25, -0.2) is 14.6 Å². The van der Waals surface area contributed by atoms with Gasteiger partial charge in [-0.1, -0.05) is 30.3 Å². The predicted octanol–water partition coefficient (Wildman–Crippen LogP) is 1.17. The molecule has 1 aromatic carbocycles. The van der Waals surface area contributed by atoms with E-state index >= 15 is 0 Å². The summed E-state index contributed by atoms with van der Waals surface area (Å²) in [5.74, 6) is -0.794. The van der Waals surface area contributed by atoms with Crippen molar-refractivity contribution in [1.82, 2.24) is 15.8 Å². The highest BCUT2D eigenvalue weighted by atomic mass is 16.6. The number of aliphatic hydroxyl groups is 1. The number of amides is 3. The second-order valence-electron chi connectivity index (χ2n) is 6.46. The molecule has 1 rings (SSSR count). The maximum atomic E-state index is 12.1. The van der Waals surface area contributed by atoms with Crippen molar-refractivity contribution in [3.63, 3.8) is 0 Å². The Morgan fingerprint density at radius 3 is 2.35 bits per heavy atom. The second-order valence-corrected chi connectivity index (χ2v) is 6.46. The first-order chi connectivity index (χ1) is 12.1. The van der Waals surface area contributed by atoms with Crippen molar-refractivity contribution in [3.8, 4) is 0 Å². The molecule has 9 nitrogen and oxygen atoms in total. The van der Waals surface area contributed by atoms with Crippen LogP contribution in [0.2, 0.25) is 0 Å². The number of hydrazine groups is 1. The van der Waals surface area contributed by atoms with Crippen LogP contribution in [0.3, 0.4) is 0 Å². The van der Waals surface area contributed by atoms with Crippen LogP contribution in [0.15, 0.2) is 30.3 Å². The molecule has 0 bridgehead atoms. The number of rotatable bonds is 5. The highest BCUT2D eigenvalue weighted by molar-refractivity contribution is 5.86. The highest BCUT2D eigenvalue weighted by Gasteiger charge is 2.25. The Kier molecular flexibility index (Phi) is 7.85. The average Bonchev–Trinajstić information content (AvgIpc) is 2.57. The molecule has 1 atom stereocenters. The van der Waals surface area contributed by atoms with E-state index in [0.29, 0.717) is 0 Å². The number of benzene rings is 1. The number of hydrogen-bond donors (Lipinski definition) is 3. The summed E-state index contributed by atoms with van der Waals surface area (Å²) in [6.07, 6.45) is -1.66. The molecular weight excluding hydrogens is 342 g/mol. The topological polar surface area (TPSA) is 117 Å². The summed E-state index contributed by atoms with van der Waals surface area (Å²) in [7, 11) is 1.29. The van der Waals surface area contributed by atoms with Crippen molar-refractivity contribution in [2.45, 2.75) is 39.0 Å². The van der Waals surface area contributed by atoms with Gasteiger partial charge in [0.2, 0.25) is 0 Å². The molecule has 3 N–H and O–H groups in total. The zero-order chi connectivity index (χ0) is 19.7. The van der Waals surface area contributed by atoms with E-state index in [1.165, 1.54) is 7.05 Å². The Hall–Kier alpha value is -2.81. The lowest BCUT2D eigenvalue weighted by molar-refractivity contribution is -0.128. The molecule has 26 heavy (non-hydrogen) atoms. The molecule has 0 heterocycles. The summed E-state index contributed by atoms with van der Waals surface area (Å²) >= 11 is 0. The predicted molar refractivity (Wildman–Crippen MR) is 92.8 cm³/mol. The molecule has 0 aliphatic rings. The SMILES string of the molecule is CN(NC(=O)[C@H](CO)NC(=O)OCc1ccccc1)C(=O)OC(C)(C)C. The first kappa shape index (κ1) is 21.2. The van der Waals surface area contributed by atoms with Gasteiger partial charge in [0.15, 0.2) is 0 Å². The summed E-state index contributed by atoms with van der Waals surface area (Å²) < 4.78 is 10.1. The number of carbonyl (C=O) groups is 3. The summed E-state index contributed by atoms with van der Waals surface area (Å²) in [6.45, 7) is 4.39. The molecule has 0 fully saturated rings. The van der Waals surface area contributed by atoms with Crippen LogP contribution in [-0.4, -0.2) is 53.5 Å². The molecule has 0 saturated heterocycles. The zero-order valence-electron chi connectivity index (χ0n) is 15.3. The first-order valence-corrected chi connectivity index (χ1v) is 7.97. The lowest BCUT2D eigenvalue weighted by Crippen LogP contribution is -2.54. The number of nitrogens with one attached hydrogen (secondary N) is 2. The van der Waals surface area contributed by atoms with E-state index in [1.807, 2.05) is 6.07 Å². The molecule has 0 saturated carbocycles. The molecule has 3 amide bonds. The minimum Gasteiger partial charge on any atom is -0.445 e. The molecule has 9 heteroatoms. The van der Waals surface area contributed by atoms with Gasteiger partial charge < -0.3 is 19.9 Å². The summed E-state index contributed by atoms with van der Waals surface area (Å²) in [4.78, 5) is 35.6. The van der Waals surface area contributed by atoms with Gasteiger partial charge in [0.1, 0.15) is 18.2 Å². The van der Waals surface area contributed by atoms with Crippen molar-refractivity contribution >= 4 is 18.1 Å². The Bertz CT molecular complexity index is 615. The largest absolute Gasteiger partial charge is 0.445 e. The van der Waals surface area contributed by atoms with Gasteiger partial charge in [-0.3, -0.25) is 10.2 Å². The van der Waals surface area contributed by atoms with E-state index in [-0.39, 0.29) is 6.61 Å². The third-order valence-corrected chi connectivity index (χ3v) is 2.95. The van der Waals surface area contributed by atoms with Crippen molar-refractivity contribution in [1.29, 1.82) is 0 Å². The molecule has 0 aromatic heterocycles. The summed E-state index contributed by atoms with van der Waals surface area (Å²) in [5.41, 5.74) is 2.27. The van der Waals surface area contributed by atoms with E-state index in [0.717, 1.165) is 10.6 Å². The second kappa shape index (κ2) is 9.62. The molecule has 0 unspecified atom stereocenters. The van der Waals surface area contributed by atoms with Gasteiger partial charge in [-0.05, 0) is 26.3 Å². The Morgan fingerprint density at radius 1 is 1.19 bits per heavy atom. The molecule has 1 aromatic rings. The molecular formula is C17H25N3O6. The van der Waals surface area contributed by atoms with Crippen LogP contribution in [0.5, 0.6) is 0 Å². The first-order valence-electron chi connectivity index (χ1n) is 7.97. The Labute approximate surface area is 152 Å². The number of ether oxygens (including phenoxy) is 2. The Balaban J connectivity index is 2.49. The number of carbonyl (C=O) groups excluding carboxylic acids is 3. The maximum absolute atomic E-state index is 12.1. The minimum atomic E-state index is -1.29. The van der Waals surface area contributed by atoms with Crippen LogP contribution < -0.4 is 10.7 Å². The van der Waals surface area contributed by atoms with Gasteiger partial charge in [0.05, 0.1) is 6.61 Å². The van der Waals surface area contributed by atoms with Crippen LogP contribution in [0.1, 0.15) is 26.3 Å². The number of alkyl carbamates (subject to hydrolysis) is 1. The molecule has 144 valence electrons. The van der Waals surface area contributed by atoms with Crippen LogP contribution in [0.4, 0.5) is 9.59 Å². The summed E-state index contributed by atoms with van der Waals surface area (Å²) in [5, 5.41) is 12.4. The van der Waals surface area contributed by atoms with Crippen LogP contribution in [0, 0.1) is 0 Å². The van der Waals surface area contributed by atoms with Crippen LogP contribution >= 0.6 is 0 Å². The quantitative estimate of drug-likeness (QED) is 0.673. The smallest absolute Gasteiger partial charge is 0.428 e. The molecule has 0 aliphatic heterocycles. The maximum Gasteiger partial charge on any atom is 0.428 e. The lowest BCUT2D eigenvalue weighted by Gasteiger charge is -2.26. The van der Waals surface area contributed by atoms with Crippen molar-refractivity contribution in [2.75, 3.05) is 13.7 Å². The number of hydrogen-bond acceptors (Lipinski definition) is 6. The van der Waals surface area contributed by atoms with Crippen LogP contribution in [-0.2, 0) is 20.9 Å². The van der Waals surface area contributed by atoms with Crippen molar-refractivity contribution in [2.24, 2.45) is 0 Å². The molecule has 0 spiro atoms. The summed E-state index contributed by atoms with van der Waals surface area (Å²) in [6, 6.07) is 7.69. The van der Waals surface area contributed by atoms with Gasteiger partial charge in [0.25, 0.3) is 5.91 Å². The fraction of sp³-hybridized carbons (Fsp3) is 0.471. The van der Waals surface area contributed by atoms with Crippen LogP contribution in [0.25, 0.3) is 0 Å².